The van der Waals surface area contributed by atoms with Crippen LogP contribution in [0.15, 0.2) is 54.9 Å². The molecule has 1 aromatic heterocycles. The number of carbonyl (C=O) groups is 2. The Morgan fingerprint density at radius 3 is 2.60 bits per heavy atom. The Kier molecular flexibility index (Phi) is 7.81. The maximum Gasteiger partial charge on any atom is 0.303 e. The molecule has 0 aliphatic heterocycles. The first-order chi connectivity index (χ1) is 16.8. The third-order valence-corrected chi connectivity index (χ3v) is 7.05. The van der Waals surface area contributed by atoms with Crippen molar-refractivity contribution in [2.45, 2.75) is 51.4 Å². The third kappa shape index (κ3) is 5.88. The number of carboxylic acids is 1. The number of aromatic nitrogens is 1. The van der Waals surface area contributed by atoms with Crippen molar-refractivity contribution in [3.8, 4) is 11.1 Å². The minimum absolute atomic E-state index is 0.0165. The first-order valence-electron chi connectivity index (χ1n) is 11.8. The van der Waals surface area contributed by atoms with Crippen molar-refractivity contribution in [1.29, 1.82) is 0 Å². The third-order valence-electron chi connectivity index (χ3n) is 6.84. The van der Waals surface area contributed by atoms with Gasteiger partial charge in [-0.2, -0.15) is 0 Å². The molecule has 0 bridgehead atoms. The van der Waals surface area contributed by atoms with E-state index in [-0.39, 0.29) is 18.2 Å². The molecule has 5 nitrogen and oxygen atoms in total. The van der Waals surface area contributed by atoms with E-state index in [1.807, 2.05) is 13.0 Å². The summed E-state index contributed by atoms with van der Waals surface area (Å²) in [6.45, 7) is 1.87. The van der Waals surface area contributed by atoms with Crippen LogP contribution in [0.4, 0.5) is 10.1 Å². The maximum absolute atomic E-state index is 15.5. The molecule has 3 aromatic rings. The quantitative estimate of drug-likeness (QED) is 0.361. The fraction of sp³-hybridized carbons (Fsp3) is 0.321. The molecular weight excluding hydrogens is 467 g/mol. The smallest absolute Gasteiger partial charge is 0.303 e. The molecule has 1 aliphatic rings. The number of amides is 1. The van der Waals surface area contributed by atoms with Crippen LogP contribution in [0.1, 0.15) is 54.7 Å². The minimum atomic E-state index is -0.868. The average molecular weight is 495 g/mol. The molecule has 0 saturated heterocycles. The highest BCUT2D eigenvalue weighted by atomic mass is 35.5. The molecule has 7 heteroatoms. The predicted octanol–water partition coefficient (Wildman–Crippen LogP) is 6.78. The van der Waals surface area contributed by atoms with Crippen molar-refractivity contribution in [3.63, 3.8) is 0 Å². The topological polar surface area (TPSA) is 79.3 Å². The number of carboxylic acid groups (broad SMARTS) is 1. The Morgan fingerprint density at radius 2 is 1.91 bits per heavy atom. The van der Waals surface area contributed by atoms with E-state index in [1.54, 1.807) is 36.5 Å². The van der Waals surface area contributed by atoms with Crippen LogP contribution in [0.5, 0.6) is 0 Å². The molecule has 35 heavy (non-hydrogen) atoms. The lowest BCUT2D eigenvalue weighted by atomic mass is 9.83. The Balaban J connectivity index is 1.63. The van der Waals surface area contributed by atoms with Gasteiger partial charge >= 0.3 is 5.97 Å². The van der Waals surface area contributed by atoms with Crippen molar-refractivity contribution < 1.29 is 19.1 Å². The molecule has 2 aromatic carbocycles. The number of benzene rings is 2. The van der Waals surface area contributed by atoms with Gasteiger partial charge < -0.3 is 10.4 Å². The van der Waals surface area contributed by atoms with Crippen molar-refractivity contribution in [3.05, 3.63) is 82.4 Å². The molecule has 1 saturated carbocycles. The van der Waals surface area contributed by atoms with Gasteiger partial charge in [0, 0.05) is 35.6 Å². The molecule has 2 N–H and O–H groups in total. The number of halogens is 2. The lowest BCUT2D eigenvalue weighted by Crippen LogP contribution is -2.27. The lowest BCUT2D eigenvalue weighted by molar-refractivity contribution is -0.137. The van der Waals surface area contributed by atoms with E-state index in [0.29, 0.717) is 33.8 Å². The van der Waals surface area contributed by atoms with Crippen LogP contribution in [0.3, 0.4) is 0 Å². The normalized spacial score (nSPS) is 14.6. The van der Waals surface area contributed by atoms with Crippen LogP contribution < -0.4 is 5.32 Å². The standard InChI is InChI=1S/C28H28ClFN2O3/c1-17-18(10-12-26(33)34)7-4-8-25(17)32-28(35)27(19-5-2-3-6-19)23-11-9-20(14-24(23)30)21-13-22(29)16-31-15-21/h4,7-9,11,13-16,19,27H,2-3,5-6,10,12H2,1H3,(H,32,35)(H,33,34)/t27-/m1/s1. The summed E-state index contributed by atoms with van der Waals surface area (Å²) < 4.78 is 15.5. The predicted molar refractivity (Wildman–Crippen MR) is 135 cm³/mol. The molecule has 0 unspecified atom stereocenters. The van der Waals surface area contributed by atoms with E-state index >= 15 is 4.39 Å². The largest absolute Gasteiger partial charge is 0.481 e. The Morgan fingerprint density at radius 1 is 1.14 bits per heavy atom. The number of nitrogens with one attached hydrogen (secondary N) is 1. The van der Waals surface area contributed by atoms with Crippen LogP contribution >= 0.6 is 11.6 Å². The van der Waals surface area contributed by atoms with E-state index in [4.69, 9.17) is 16.7 Å². The number of anilines is 1. The van der Waals surface area contributed by atoms with Gasteiger partial charge in [0.15, 0.2) is 0 Å². The summed E-state index contributed by atoms with van der Waals surface area (Å²) in [5, 5.41) is 12.5. The van der Waals surface area contributed by atoms with Crippen molar-refractivity contribution >= 4 is 29.2 Å². The van der Waals surface area contributed by atoms with Gasteiger partial charge in [0.25, 0.3) is 0 Å². The lowest BCUT2D eigenvalue weighted by Gasteiger charge is -2.25. The number of hydrogen-bond acceptors (Lipinski definition) is 3. The maximum atomic E-state index is 15.5. The summed E-state index contributed by atoms with van der Waals surface area (Å²) in [5.74, 6) is -2.11. The molecule has 182 valence electrons. The first-order valence-corrected chi connectivity index (χ1v) is 12.2. The molecule has 1 heterocycles. The molecule has 1 amide bonds. The Labute approximate surface area is 209 Å². The van der Waals surface area contributed by atoms with E-state index in [2.05, 4.69) is 10.3 Å². The fourth-order valence-electron chi connectivity index (χ4n) is 4.97. The van der Waals surface area contributed by atoms with Gasteiger partial charge in [0.1, 0.15) is 5.82 Å². The van der Waals surface area contributed by atoms with Gasteiger partial charge in [-0.25, -0.2) is 4.39 Å². The zero-order valence-electron chi connectivity index (χ0n) is 19.6. The van der Waals surface area contributed by atoms with Crippen LogP contribution in [0, 0.1) is 18.7 Å². The number of pyridine rings is 1. The summed E-state index contributed by atoms with van der Waals surface area (Å²) in [7, 11) is 0. The van der Waals surface area contributed by atoms with Crippen LogP contribution in [-0.2, 0) is 16.0 Å². The second kappa shape index (κ2) is 11.0. The second-order valence-electron chi connectivity index (χ2n) is 9.12. The molecule has 4 rings (SSSR count). The van der Waals surface area contributed by atoms with Gasteiger partial charge in [-0.1, -0.05) is 48.7 Å². The summed E-state index contributed by atoms with van der Waals surface area (Å²) in [4.78, 5) is 28.6. The van der Waals surface area contributed by atoms with Crippen molar-refractivity contribution in [1.82, 2.24) is 4.98 Å². The van der Waals surface area contributed by atoms with Gasteiger partial charge in [0.05, 0.1) is 10.9 Å². The van der Waals surface area contributed by atoms with Crippen molar-refractivity contribution in [2.24, 2.45) is 5.92 Å². The van der Waals surface area contributed by atoms with E-state index in [1.165, 1.54) is 12.3 Å². The zero-order chi connectivity index (χ0) is 24.9. The molecule has 0 radical (unpaired) electrons. The monoisotopic (exact) mass is 494 g/mol. The average Bonchev–Trinajstić information content (AvgIpc) is 3.35. The minimum Gasteiger partial charge on any atom is -0.481 e. The molecule has 1 fully saturated rings. The van der Waals surface area contributed by atoms with Gasteiger partial charge in [0.2, 0.25) is 5.91 Å². The number of aryl methyl sites for hydroxylation is 1. The van der Waals surface area contributed by atoms with E-state index in [9.17, 15) is 9.59 Å². The van der Waals surface area contributed by atoms with Crippen LogP contribution in [-0.4, -0.2) is 22.0 Å². The van der Waals surface area contributed by atoms with Crippen LogP contribution in [0.25, 0.3) is 11.1 Å². The molecule has 1 aliphatic carbocycles. The number of hydrogen-bond donors (Lipinski definition) is 2. The molecular formula is C28H28ClFN2O3. The summed E-state index contributed by atoms with van der Waals surface area (Å²) >= 11 is 6.04. The zero-order valence-corrected chi connectivity index (χ0v) is 20.3. The number of aliphatic carboxylic acids is 1. The van der Waals surface area contributed by atoms with E-state index < -0.39 is 17.7 Å². The second-order valence-corrected chi connectivity index (χ2v) is 9.56. The molecule has 0 spiro atoms. The molecule has 1 atom stereocenters. The van der Waals surface area contributed by atoms with E-state index in [0.717, 1.165) is 36.8 Å². The number of carbonyl (C=O) groups excluding carboxylic acids is 1. The highest BCUT2D eigenvalue weighted by molar-refractivity contribution is 6.30. The van der Waals surface area contributed by atoms with Crippen LogP contribution in [0.2, 0.25) is 5.02 Å². The summed E-state index contributed by atoms with van der Waals surface area (Å²) in [5.41, 5.74) is 4.06. The Hall–Kier alpha value is -3.25. The highest BCUT2D eigenvalue weighted by Crippen LogP contribution is 2.40. The Bertz CT molecular complexity index is 1240. The number of nitrogens with zero attached hydrogens (tertiary/aromatic N) is 1. The SMILES string of the molecule is Cc1c(CCC(=O)O)cccc1NC(=O)[C@@H](c1ccc(-c2cncc(Cl)c2)cc1F)C1CCCC1. The van der Waals surface area contributed by atoms with Gasteiger partial charge in [-0.15, -0.1) is 0 Å². The summed E-state index contributed by atoms with van der Waals surface area (Å²) in [6.07, 6.45) is 7.33. The van der Waals surface area contributed by atoms with Gasteiger partial charge in [-0.05, 0) is 67.0 Å². The van der Waals surface area contributed by atoms with Gasteiger partial charge in [-0.3, -0.25) is 14.6 Å². The number of rotatable bonds is 8. The fourth-order valence-corrected chi connectivity index (χ4v) is 5.14. The first kappa shape index (κ1) is 24.9. The summed E-state index contributed by atoms with van der Waals surface area (Å²) in [6, 6.07) is 12.1. The van der Waals surface area contributed by atoms with Crippen molar-refractivity contribution in [2.75, 3.05) is 5.32 Å². The highest BCUT2D eigenvalue weighted by Gasteiger charge is 2.34.